The van der Waals surface area contributed by atoms with Gasteiger partial charge in [-0.15, -0.1) is 0 Å². The van der Waals surface area contributed by atoms with Gasteiger partial charge in [0, 0.05) is 28.9 Å². The summed E-state index contributed by atoms with van der Waals surface area (Å²) in [6.07, 6.45) is 1.44. The van der Waals surface area contributed by atoms with E-state index in [4.69, 9.17) is 15.2 Å². The van der Waals surface area contributed by atoms with Gasteiger partial charge in [0.2, 0.25) is 5.91 Å². The molecule has 1 aromatic carbocycles. The van der Waals surface area contributed by atoms with Crippen molar-refractivity contribution in [3.8, 4) is 11.4 Å². The Morgan fingerprint density at radius 3 is 2.59 bits per heavy atom. The molecule has 0 radical (unpaired) electrons. The van der Waals surface area contributed by atoms with Crippen molar-refractivity contribution in [2.24, 2.45) is 11.1 Å². The summed E-state index contributed by atoms with van der Waals surface area (Å²) in [5, 5.41) is 0. The van der Waals surface area contributed by atoms with Crippen LogP contribution in [-0.2, 0) is 11.2 Å². The first-order valence-electron chi connectivity index (χ1n) is 10.0. The normalized spacial score (nSPS) is 15.4. The van der Waals surface area contributed by atoms with Gasteiger partial charge < -0.3 is 19.8 Å². The third-order valence-electron chi connectivity index (χ3n) is 5.15. The van der Waals surface area contributed by atoms with Crippen LogP contribution in [0.25, 0.3) is 5.69 Å². The molecule has 0 atom stereocenters. The zero-order valence-electron chi connectivity index (χ0n) is 17.9. The lowest BCUT2D eigenvalue weighted by atomic mass is 9.76. The summed E-state index contributed by atoms with van der Waals surface area (Å²) < 4.78 is 13.6. The number of carbonyl (C=O) groups is 2. The van der Waals surface area contributed by atoms with E-state index in [-0.39, 0.29) is 17.3 Å². The average Bonchev–Trinajstić information content (AvgIpc) is 2.93. The quantitative estimate of drug-likeness (QED) is 0.718. The van der Waals surface area contributed by atoms with Crippen LogP contribution in [0.15, 0.2) is 24.3 Å². The maximum Gasteiger partial charge on any atom is 0.248 e. The number of Topliss-reactive ketones (excluding diaryl/α,β-unsaturated/α-hetero) is 1. The Hall–Kier alpha value is -2.60. The van der Waals surface area contributed by atoms with Gasteiger partial charge in [0.1, 0.15) is 12.4 Å². The number of carbonyl (C=O) groups excluding carboxylic acids is 2. The van der Waals surface area contributed by atoms with E-state index in [1.165, 1.54) is 0 Å². The number of hydrogen-bond acceptors (Lipinski definition) is 4. The SMILES string of the molecule is Cc1cc2c(n1-c1ccc(C(N)=O)cc1OCCOC(C)C)CC(C)(C)CC2=O. The Labute approximate surface area is 172 Å². The van der Waals surface area contributed by atoms with Crippen molar-refractivity contribution in [3.05, 3.63) is 46.8 Å². The van der Waals surface area contributed by atoms with Gasteiger partial charge in [0.05, 0.1) is 18.4 Å². The third kappa shape index (κ3) is 4.53. The number of ether oxygens (including phenoxy) is 2. The number of hydrogen-bond donors (Lipinski definition) is 1. The van der Waals surface area contributed by atoms with E-state index in [9.17, 15) is 9.59 Å². The van der Waals surface area contributed by atoms with Gasteiger partial charge in [-0.3, -0.25) is 9.59 Å². The molecule has 156 valence electrons. The van der Waals surface area contributed by atoms with E-state index in [0.717, 1.165) is 29.1 Å². The van der Waals surface area contributed by atoms with Crippen LogP contribution in [0.1, 0.15) is 66.2 Å². The first-order chi connectivity index (χ1) is 13.6. The van der Waals surface area contributed by atoms with Crippen LogP contribution in [-0.4, -0.2) is 35.6 Å². The number of amides is 1. The Balaban J connectivity index is 2.04. The topological polar surface area (TPSA) is 83.6 Å². The number of rotatable bonds is 7. The van der Waals surface area contributed by atoms with Gasteiger partial charge in [0.15, 0.2) is 5.78 Å². The minimum absolute atomic E-state index is 0.105. The zero-order valence-corrected chi connectivity index (χ0v) is 17.9. The first-order valence-corrected chi connectivity index (χ1v) is 10.0. The second-order valence-corrected chi connectivity index (χ2v) is 8.74. The van der Waals surface area contributed by atoms with Gasteiger partial charge in [-0.05, 0) is 56.9 Å². The van der Waals surface area contributed by atoms with E-state index in [0.29, 0.717) is 30.9 Å². The first kappa shape index (κ1) is 21.1. The molecule has 3 rings (SSSR count). The number of nitrogens with zero attached hydrogens (tertiary/aromatic N) is 1. The molecule has 0 fully saturated rings. The Morgan fingerprint density at radius 2 is 1.93 bits per heavy atom. The van der Waals surface area contributed by atoms with Crippen molar-refractivity contribution in [2.75, 3.05) is 13.2 Å². The summed E-state index contributed by atoms with van der Waals surface area (Å²) >= 11 is 0. The fraction of sp³-hybridized carbons (Fsp3) is 0.478. The minimum atomic E-state index is -0.512. The molecule has 2 aromatic rings. The van der Waals surface area contributed by atoms with Gasteiger partial charge in [0.25, 0.3) is 0 Å². The molecule has 0 saturated heterocycles. The van der Waals surface area contributed by atoms with Crippen LogP contribution in [0.2, 0.25) is 0 Å². The van der Waals surface area contributed by atoms with Crippen molar-refractivity contribution in [2.45, 2.75) is 53.6 Å². The molecule has 1 aliphatic carbocycles. The number of aromatic nitrogens is 1. The van der Waals surface area contributed by atoms with Gasteiger partial charge in [-0.25, -0.2) is 0 Å². The summed E-state index contributed by atoms with van der Waals surface area (Å²) in [4.78, 5) is 24.4. The molecule has 0 aliphatic heterocycles. The van der Waals surface area contributed by atoms with Gasteiger partial charge in [-0.2, -0.15) is 0 Å². The predicted molar refractivity (Wildman–Crippen MR) is 112 cm³/mol. The molecule has 1 heterocycles. The second kappa shape index (κ2) is 8.03. The van der Waals surface area contributed by atoms with Crippen molar-refractivity contribution in [1.82, 2.24) is 4.57 Å². The monoisotopic (exact) mass is 398 g/mol. The second-order valence-electron chi connectivity index (χ2n) is 8.74. The van der Waals surface area contributed by atoms with E-state index in [2.05, 4.69) is 18.4 Å². The maximum absolute atomic E-state index is 12.7. The largest absolute Gasteiger partial charge is 0.489 e. The molecule has 6 nitrogen and oxygen atoms in total. The molecular weight excluding hydrogens is 368 g/mol. The maximum atomic E-state index is 12.7. The lowest BCUT2D eigenvalue weighted by molar-refractivity contribution is 0.0552. The summed E-state index contributed by atoms with van der Waals surface area (Å²) in [6, 6.07) is 7.13. The third-order valence-corrected chi connectivity index (χ3v) is 5.15. The number of nitrogens with two attached hydrogens (primary N) is 1. The predicted octanol–water partition coefficient (Wildman–Crippen LogP) is 3.84. The van der Waals surface area contributed by atoms with Crippen LogP contribution < -0.4 is 10.5 Å². The lowest BCUT2D eigenvalue weighted by Gasteiger charge is -2.30. The van der Waals surface area contributed by atoms with Crippen LogP contribution in [0.3, 0.4) is 0 Å². The fourth-order valence-corrected chi connectivity index (χ4v) is 3.89. The Bertz CT molecular complexity index is 941. The molecule has 0 spiro atoms. The highest BCUT2D eigenvalue weighted by Gasteiger charge is 2.34. The number of benzene rings is 1. The van der Waals surface area contributed by atoms with Gasteiger partial charge in [-0.1, -0.05) is 13.8 Å². The van der Waals surface area contributed by atoms with Crippen molar-refractivity contribution in [1.29, 1.82) is 0 Å². The molecule has 0 saturated carbocycles. The molecule has 2 N–H and O–H groups in total. The summed E-state index contributed by atoms with van der Waals surface area (Å²) in [6.45, 7) is 10.9. The van der Waals surface area contributed by atoms with Gasteiger partial charge >= 0.3 is 0 Å². The number of fused-ring (bicyclic) bond motifs is 1. The summed E-state index contributed by atoms with van der Waals surface area (Å²) in [5.41, 5.74) is 9.25. The molecule has 0 unspecified atom stereocenters. The number of primary amides is 1. The fourth-order valence-electron chi connectivity index (χ4n) is 3.89. The molecule has 6 heteroatoms. The standard InChI is InChI=1S/C23H30N2O4/c1-14(2)28-8-9-29-21-11-16(22(24)27)6-7-18(21)25-15(3)10-17-19(25)12-23(4,5)13-20(17)26/h6-7,10-11,14H,8-9,12-13H2,1-5H3,(H2,24,27). The van der Waals surface area contributed by atoms with Crippen molar-refractivity contribution in [3.63, 3.8) is 0 Å². The Kier molecular flexibility index (Phi) is 5.85. The van der Waals surface area contributed by atoms with Crippen LogP contribution in [0.5, 0.6) is 5.75 Å². The molecule has 29 heavy (non-hydrogen) atoms. The number of ketones is 1. The van der Waals surface area contributed by atoms with E-state index in [1.807, 2.05) is 32.9 Å². The van der Waals surface area contributed by atoms with E-state index >= 15 is 0 Å². The summed E-state index contributed by atoms with van der Waals surface area (Å²) in [5.74, 6) is 0.202. The molecule has 0 bridgehead atoms. The minimum Gasteiger partial charge on any atom is -0.489 e. The highest BCUT2D eigenvalue weighted by Crippen LogP contribution is 2.39. The molecule has 1 aromatic heterocycles. The summed E-state index contributed by atoms with van der Waals surface area (Å²) in [7, 11) is 0. The smallest absolute Gasteiger partial charge is 0.248 e. The highest BCUT2D eigenvalue weighted by molar-refractivity contribution is 5.99. The number of aryl methyl sites for hydroxylation is 1. The van der Waals surface area contributed by atoms with Crippen LogP contribution in [0.4, 0.5) is 0 Å². The van der Waals surface area contributed by atoms with E-state index in [1.54, 1.807) is 12.1 Å². The van der Waals surface area contributed by atoms with Crippen LogP contribution in [0, 0.1) is 12.3 Å². The van der Waals surface area contributed by atoms with Crippen LogP contribution >= 0.6 is 0 Å². The highest BCUT2D eigenvalue weighted by atomic mass is 16.5. The zero-order chi connectivity index (χ0) is 21.3. The molecular formula is C23H30N2O4. The molecule has 1 aliphatic rings. The Morgan fingerprint density at radius 1 is 1.21 bits per heavy atom. The average molecular weight is 399 g/mol. The van der Waals surface area contributed by atoms with Crippen molar-refractivity contribution < 1.29 is 19.1 Å². The molecule has 1 amide bonds. The lowest BCUT2D eigenvalue weighted by Crippen LogP contribution is -2.28. The van der Waals surface area contributed by atoms with Crippen molar-refractivity contribution >= 4 is 11.7 Å². The van der Waals surface area contributed by atoms with E-state index < -0.39 is 5.91 Å².